The van der Waals surface area contributed by atoms with Crippen molar-refractivity contribution in [3.8, 4) is 0 Å². The van der Waals surface area contributed by atoms with Crippen molar-refractivity contribution in [2.75, 3.05) is 0 Å². The van der Waals surface area contributed by atoms with E-state index in [1.807, 2.05) is 0 Å². The van der Waals surface area contributed by atoms with Crippen LogP contribution in [0.5, 0.6) is 0 Å². The molecule has 11 heteroatoms. The summed E-state index contributed by atoms with van der Waals surface area (Å²) in [5, 5.41) is 122. The van der Waals surface area contributed by atoms with E-state index >= 15 is 0 Å². The fraction of sp³-hybridized carbons (Fsp3) is 1.00. The molecule has 43 heavy (non-hydrogen) atoms. The van der Waals surface area contributed by atoms with Gasteiger partial charge in [-0.2, -0.15) is 0 Å². The number of aliphatic hydroxyl groups excluding tert-OH is 7. The van der Waals surface area contributed by atoms with Crippen LogP contribution in [0.3, 0.4) is 0 Å². The average Bonchev–Trinajstić information content (AvgIpc) is 3.46. The summed E-state index contributed by atoms with van der Waals surface area (Å²) in [4.78, 5) is 0. The van der Waals surface area contributed by atoms with E-state index in [-0.39, 0.29) is 24.4 Å². The molecular formula is C32H54O11. The second kappa shape index (κ2) is 11.7. The minimum Gasteiger partial charge on any atom is -0.393 e. The van der Waals surface area contributed by atoms with Crippen molar-refractivity contribution in [3.05, 3.63) is 0 Å². The molecule has 0 saturated heterocycles. The number of fused-ring (bicyclic) bond motifs is 3. The van der Waals surface area contributed by atoms with Crippen LogP contribution >= 0.6 is 0 Å². The van der Waals surface area contributed by atoms with Crippen LogP contribution in [-0.2, 0) is 0 Å². The molecule has 11 N–H and O–H groups in total. The predicted molar refractivity (Wildman–Crippen MR) is 152 cm³/mol. The van der Waals surface area contributed by atoms with Gasteiger partial charge in [0.05, 0.1) is 48.1 Å². The molecule has 6 aliphatic carbocycles. The van der Waals surface area contributed by atoms with E-state index in [2.05, 4.69) is 0 Å². The summed E-state index contributed by atoms with van der Waals surface area (Å²) in [5.41, 5.74) is -7.02. The Morgan fingerprint density at radius 2 is 1.33 bits per heavy atom. The van der Waals surface area contributed by atoms with Crippen molar-refractivity contribution in [1.29, 1.82) is 0 Å². The summed E-state index contributed by atoms with van der Waals surface area (Å²) in [6.45, 7) is 0. The van der Waals surface area contributed by atoms with Gasteiger partial charge in [0, 0.05) is 24.7 Å². The highest BCUT2D eigenvalue weighted by Gasteiger charge is 2.76. The maximum Gasteiger partial charge on any atom is 0.159 e. The largest absolute Gasteiger partial charge is 0.393 e. The number of aliphatic hydroxyl groups is 11. The van der Waals surface area contributed by atoms with Crippen LogP contribution in [0.15, 0.2) is 0 Å². The fourth-order valence-electron chi connectivity index (χ4n) is 11.4. The van der Waals surface area contributed by atoms with Gasteiger partial charge in [0.1, 0.15) is 11.2 Å². The summed E-state index contributed by atoms with van der Waals surface area (Å²) in [6, 6.07) is 0. The van der Waals surface area contributed by atoms with Crippen LogP contribution < -0.4 is 0 Å². The van der Waals surface area contributed by atoms with Gasteiger partial charge in [-0.3, -0.25) is 0 Å². The average molecular weight is 615 g/mol. The minimum absolute atomic E-state index is 0.0646. The van der Waals surface area contributed by atoms with Gasteiger partial charge in [0.25, 0.3) is 0 Å². The first-order valence-electron chi connectivity index (χ1n) is 16.8. The van der Waals surface area contributed by atoms with E-state index in [1.165, 1.54) is 12.8 Å². The standard InChI is InChI=1S/C32H54O11/c33-20-10-9-18(16-7-5-15(6-8-16)11-21(34)17-3-1-2-4-17)19-12-30(41)14-31(42)13-22(35)24(29(39)40)27(37)32(31,43)28(38)25(30)26(36)23(19)20/h15-29,33-43H,1-14H2. The van der Waals surface area contributed by atoms with E-state index in [9.17, 15) is 56.2 Å². The highest BCUT2D eigenvalue weighted by Crippen LogP contribution is 2.62. The molecule has 0 aliphatic heterocycles. The summed E-state index contributed by atoms with van der Waals surface area (Å²) in [6.07, 6.45) is -1.31. The summed E-state index contributed by atoms with van der Waals surface area (Å²) in [7, 11) is 0. The molecule has 0 radical (unpaired) electrons. The van der Waals surface area contributed by atoms with Crippen molar-refractivity contribution < 1.29 is 56.2 Å². The molecule has 0 spiro atoms. The zero-order valence-electron chi connectivity index (χ0n) is 25.0. The first kappa shape index (κ1) is 32.5. The molecule has 0 aromatic carbocycles. The first-order chi connectivity index (χ1) is 20.2. The van der Waals surface area contributed by atoms with Gasteiger partial charge < -0.3 is 56.2 Å². The molecule has 11 nitrogen and oxygen atoms in total. The molecule has 6 saturated carbocycles. The maximum atomic E-state index is 12.1. The lowest BCUT2D eigenvalue weighted by atomic mass is 9.44. The van der Waals surface area contributed by atoms with Gasteiger partial charge in [-0.1, -0.05) is 25.7 Å². The molecule has 0 aromatic heterocycles. The molecule has 0 bridgehead atoms. The SMILES string of the molecule is OC(O)C1C(O)CC2(O)CC3(O)CC4C(C5CCC(CC(O)C6CCCC6)CC5)CCC(O)C4C(O)C3C(O)C2(O)C1O. The second-order valence-corrected chi connectivity index (χ2v) is 15.7. The third-order valence-electron chi connectivity index (χ3n) is 13.6. The van der Waals surface area contributed by atoms with E-state index in [1.54, 1.807) is 0 Å². The van der Waals surface area contributed by atoms with Gasteiger partial charge in [0.15, 0.2) is 6.29 Å². The molecule has 0 heterocycles. The van der Waals surface area contributed by atoms with Gasteiger partial charge in [0.2, 0.25) is 0 Å². The molecule has 248 valence electrons. The van der Waals surface area contributed by atoms with Crippen LogP contribution in [0.1, 0.15) is 89.9 Å². The van der Waals surface area contributed by atoms with Gasteiger partial charge in [-0.25, -0.2) is 0 Å². The second-order valence-electron chi connectivity index (χ2n) is 15.7. The Kier molecular flexibility index (Phi) is 8.82. The minimum atomic E-state index is -2.77. The summed E-state index contributed by atoms with van der Waals surface area (Å²) in [5.74, 6) is -2.84. The monoisotopic (exact) mass is 614 g/mol. The van der Waals surface area contributed by atoms with Crippen molar-refractivity contribution in [3.63, 3.8) is 0 Å². The molecule has 14 unspecified atom stereocenters. The lowest BCUT2D eigenvalue weighted by Gasteiger charge is -2.67. The van der Waals surface area contributed by atoms with Crippen LogP contribution in [-0.4, -0.2) is 116 Å². The van der Waals surface area contributed by atoms with Crippen LogP contribution in [0.25, 0.3) is 0 Å². The van der Waals surface area contributed by atoms with Crippen molar-refractivity contribution in [2.45, 2.75) is 150 Å². The zero-order valence-corrected chi connectivity index (χ0v) is 25.0. The molecule has 6 aliphatic rings. The molecular weight excluding hydrogens is 560 g/mol. The molecule has 0 aromatic rings. The number of hydrogen-bond acceptors (Lipinski definition) is 11. The molecule has 6 rings (SSSR count). The Balaban J connectivity index is 1.21. The maximum absolute atomic E-state index is 12.1. The molecule has 6 fully saturated rings. The smallest absolute Gasteiger partial charge is 0.159 e. The number of rotatable bonds is 5. The van der Waals surface area contributed by atoms with Gasteiger partial charge in [-0.15, -0.1) is 0 Å². The third kappa shape index (κ3) is 5.13. The Morgan fingerprint density at radius 1 is 0.674 bits per heavy atom. The highest BCUT2D eigenvalue weighted by atomic mass is 16.5. The molecule has 0 amide bonds. The van der Waals surface area contributed by atoms with E-state index in [0.717, 1.165) is 51.4 Å². The van der Waals surface area contributed by atoms with Crippen molar-refractivity contribution >= 4 is 0 Å². The lowest BCUT2D eigenvalue weighted by Crippen LogP contribution is -2.83. The van der Waals surface area contributed by atoms with E-state index in [0.29, 0.717) is 24.2 Å². The van der Waals surface area contributed by atoms with E-state index in [4.69, 9.17) is 0 Å². The van der Waals surface area contributed by atoms with Crippen LogP contribution in [0, 0.1) is 47.3 Å². The van der Waals surface area contributed by atoms with Gasteiger partial charge >= 0.3 is 0 Å². The Morgan fingerprint density at radius 3 is 1.95 bits per heavy atom. The summed E-state index contributed by atoms with van der Waals surface area (Å²) < 4.78 is 0. The first-order valence-corrected chi connectivity index (χ1v) is 16.8. The van der Waals surface area contributed by atoms with E-state index < -0.39 is 84.2 Å². The van der Waals surface area contributed by atoms with Crippen molar-refractivity contribution in [2.24, 2.45) is 47.3 Å². The summed E-state index contributed by atoms with van der Waals surface area (Å²) >= 11 is 0. The number of hydrogen-bond donors (Lipinski definition) is 11. The molecule has 14 atom stereocenters. The van der Waals surface area contributed by atoms with Crippen molar-refractivity contribution in [1.82, 2.24) is 0 Å². The lowest BCUT2D eigenvalue weighted by molar-refractivity contribution is -0.373. The normalized spacial score (nSPS) is 55.0. The quantitative estimate of drug-likeness (QED) is 0.171. The predicted octanol–water partition coefficient (Wildman–Crippen LogP) is -0.872. The highest BCUT2D eigenvalue weighted by molar-refractivity contribution is 5.26. The topological polar surface area (TPSA) is 223 Å². The van der Waals surface area contributed by atoms with Crippen LogP contribution in [0.4, 0.5) is 0 Å². The van der Waals surface area contributed by atoms with Gasteiger partial charge in [-0.05, 0) is 81.0 Å². The van der Waals surface area contributed by atoms with Crippen LogP contribution in [0.2, 0.25) is 0 Å². The fourth-order valence-corrected chi connectivity index (χ4v) is 11.4. The Hall–Kier alpha value is -0.440. The Labute approximate surface area is 253 Å². The third-order valence-corrected chi connectivity index (χ3v) is 13.6. The Bertz CT molecular complexity index is 984. The zero-order chi connectivity index (χ0) is 31.1.